The summed E-state index contributed by atoms with van der Waals surface area (Å²) in [5.74, 6) is 0.145. The second kappa shape index (κ2) is 2.84. The van der Waals surface area contributed by atoms with Crippen LogP contribution in [0.4, 0.5) is 5.69 Å². The Hall–Kier alpha value is -1.51. The number of para-hydroxylation sites is 1. The number of nitrogens with zero attached hydrogens (tertiary/aromatic N) is 1. The zero-order valence-electron chi connectivity index (χ0n) is 10.7. The molecule has 3 rings (SSSR count). The number of likely N-dealkylation sites (N-methyl/N-ethyl adjacent to an activating group) is 1. The largest absolute Gasteiger partial charge is 0.353 e. The van der Waals surface area contributed by atoms with Crippen molar-refractivity contribution in [3.05, 3.63) is 29.8 Å². The van der Waals surface area contributed by atoms with E-state index in [1.54, 1.807) is 0 Å². The minimum Gasteiger partial charge on any atom is -0.353 e. The van der Waals surface area contributed by atoms with E-state index in [1.165, 1.54) is 11.3 Å². The first-order valence-corrected chi connectivity index (χ1v) is 6.04. The number of benzene rings is 1. The number of carbonyl (C=O) groups is 1. The number of carbonyl (C=O) groups excluding carboxylic acids is 1. The summed E-state index contributed by atoms with van der Waals surface area (Å²) in [5.41, 5.74) is 1.97. The standard InChI is InChI=1S/C14H18N2O/c1-13(2)12(17)15-11-14(13,3)9-7-5-6-8-10(9)16(11)4/h5-8,11H,1-4H3,(H,15,17)/t11-,14+/m1/s1. The number of nitrogens with one attached hydrogen (secondary N) is 1. The highest BCUT2D eigenvalue weighted by Gasteiger charge is 2.63. The van der Waals surface area contributed by atoms with Gasteiger partial charge in [0.1, 0.15) is 6.17 Å². The van der Waals surface area contributed by atoms with Crippen molar-refractivity contribution in [2.75, 3.05) is 11.9 Å². The van der Waals surface area contributed by atoms with Gasteiger partial charge >= 0.3 is 0 Å². The van der Waals surface area contributed by atoms with E-state index in [1.807, 2.05) is 13.8 Å². The second-order valence-electron chi connectivity index (χ2n) is 5.83. The van der Waals surface area contributed by atoms with E-state index in [0.29, 0.717) is 0 Å². The van der Waals surface area contributed by atoms with Crippen LogP contribution in [0.2, 0.25) is 0 Å². The molecule has 3 heteroatoms. The molecule has 0 unspecified atom stereocenters. The summed E-state index contributed by atoms with van der Waals surface area (Å²) in [7, 11) is 2.05. The molecule has 2 aliphatic heterocycles. The van der Waals surface area contributed by atoms with Crippen LogP contribution in [0.25, 0.3) is 0 Å². The molecule has 2 atom stereocenters. The van der Waals surface area contributed by atoms with Gasteiger partial charge in [-0.3, -0.25) is 4.79 Å². The molecular formula is C14H18N2O. The van der Waals surface area contributed by atoms with E-state index in [4.69, 9.17) is 0 Å². The van der Waals surface area contributed by atoms with Crippen molar-refractivity contribution in [3.63, 3.8) is 0 Å². The van der Waals surface area contributed by atoms with Gasteiger partial charge in [-0.25, -0.2) is 0 Å². The molecule has 0 saturated carbocycles. The molecule has 0 radical (unpaired) electrons. The average Bonchev–Trinajstić information content (AvgIpc) is 2.63. The Morgan fingerprint density at radius 3 is 2.59 bits per heavy atom. The summed E-state index contributed by atoms with van der Waals surface area (Å²) in [6.45, 7) is 6.27. The van der Waals surface area contributed by atoms with Crippen LogP contribution in [-0.2, 0) is 10.2 Å². The molecule has 1 saturated heterocycles. The predicted octanol–water partition coefficient (Wildman–Crippen LogP) is 1.88. The van der Waals surface area contributed by atoms with Gasteiger partial charge in [0.25, 0.3) is 0 Å². The van der Waals surface area contributed by atoms with E-state index in [0.717, 1.165) is 0 Å². The maximum absolute atomic E-state index is 12.1. The summed E-state index contributed by atoms with van der Waals surface area (Å²) in [6.07, 6.45) is 0.0717. The van der Waals surface area contributed by atoms with Crippen LogP contribution in [0.3, 0.4) is 0 Å². The summed E-state index contributed by atoms with van der Waals surface area (Å²) in [4.78, 5) is 14.3. The van der Waals surface area contributed by atoms with Gasteiger partial charge < -0.3 is 10.2 Å². The zero-order valence-corrected chi connectivity index (χ0v) is 10.7. The van der Waals surface area contributed by atoms with E-state index >= 15 is 0 Å². The van der Waals surface area contributed by atoms with Gasteiger partial charge in [-0.05, 0) is 11.6 Å². The predicted molar refractivity (Wildman–Crippen MR) is 67.9 cm³/mol. The lowest BCUT2D eigenvalue weighted by molar-refractivity contribution is -0.127. The van der Waals surface area contributed by atoms with Gasteiger partial charge in [0.2, 0.25) is 5.91 Å². The molecule has 1 aromatic carbocycles. The molecule has 90 valence electrons. The third-order valence-corrected chi connectivity index (χ3v) is 4.91. The number of hydrogen-bond acceptors (Lipinski definition) is 2. The highest BCUT2D eigenvalue weighted by Crippen LogP contribution is 2.56. The molecule has 2 heterocycles. The minimum absolute atomic E-state index is 0.0717. The fraction of sp³-hybridized carbons (Fsp3) is 0.500. The smallest absolute Gasteiger partial charge is 0.228 e. The van der Waals surface area contributed by atoms with Gasteiger partial charge in [0.05, 0.1) is 5.41 Å². The molecule has 1 aromatic rings. The molecule has 17 heavy (non-hydrogen) atoms. The van der Waals surface area contributed by atoms with E-state index in [2.05, 4.69) is 48.5 Å². The molecular weight excluding hydrogens is 212 g/mol. The Morgan fingerprint density at radius 1 is 1.24 bits per heavy atom. The molecule has 1 amide bonds. The summed E-state index contributed by atoms with van der Waals surface area (Å²) in [6, 6.07) is 8.38. The number of hydrogen-bond donors (Lipinski definition) is 1. The first-order chi connectivity index (χ1) is 7.90. The van der Waals surface area contributed by atoms with Gasteiger partial charge in [-0.2, -0.15) is 0 Å². The molecule has 2 aliphatic rings. The van der Waals surface area contributed by atoms with Crippen LogP contribution < -0.4 is 10.2 Å². The van der Waals surface area contributed by atoms with Gasteiger partial charge in [0, 0.05) is 18.2 Å². The first kappa shape index (κ1) is 10.6. The monoisotopic (exact) mass is 230 g/mol. The third-order valence-electron chi connectivity index (χ3n) is 4.91. The SMILES string of the molecule is CN1c2ccccc2[C@@]2(C)[C@@H]1NC(=O)C2(C)C. The Labute approximate surface area is 102 Å². The Balaban J connectivity index is 2.28. The Kier molecular flexibility index (Phi) is 1.77. The maximum Gasteiger partial charge on any atom is 0.228 e. The number of rotatable bonds is 0. The molecule has 0 bridgehead atoms. The van der Waals surface area contributed by atoms with Crippen molar-refractivity contribution in [2.45, 2.75) is 32.4 Å². The van der Waals surface area contributed by atoms with Crippen LogP contribution in [-0.4, -0.2) is 19.1 Å². The lowest BCUT2D eigenvalue weighted by Crippen LogP contribution is -2.47. The minimum atomic E-state index is -0.376. The van der Waals surface area contributed by atoms with Crippen molar-refractivity contribution < 1.29 is 4.79 Å². The number of fused-ring (bicyclic) bond motifs is 3. The van der Waals surface area contributed by atoms with Crippen LogP contribution >= 0.6 is 0 Å². The van der Waals surface area contributed by atoms with Gasteiger partial charge in [-0.15, -0.1) is 0 Å². The number of anilines is 1. The van der Waals surface area contributed by atoms with E-state index < -0.39 is 0 Å². The molecule has 1 N–H and O–H groups in total. The highest BCUT2D eigenvalue weighted by atomic mass is 16.2. The fourth-order valence-electron chi connectivity index (χ4n) is 3.35. The van der Waals surface area contributed by atoms with Crippen LogP contribution in [0, 0.1) is 5.41 Å². The topological polar surface area (TPSA) is 32.3 Å². The van der Waals surface area contributed by atoms with Crippen molar-refractivity contribution in [2.24, 2.45) is 5.41 Å². The molecule has 0 aliphatic carbocycles. The van der Waals surface area contributed by atoms with Gasteiger partial charge in [-0.1, -0.05) is 39.0 Å². The quantitative estimate of drug-likeness (QED) is 0.738. The van der Waals surface area contributed by atoms with Crippen molar-refractivity contribution in [1.82, 2.24) is 5.32 Å². The molecule has 0 aromatic heterocycles. The van der Waals surface area contributed by atoms with Gasteiger partial charge in [0.15, 0.2) is 0 Å². The van der Waals surface area contributed by atoms with Crippen molar-refractivity contribution in [3.8, 4) is 0 Å². The van der Waals surface area contributed by atoms with E-state index in [-0.39, 0.29) is 22.9 Å². The van der Waals surface area contributed by atoms with Crippen LogP contribution in [0.1, 0.15) is 26.3 Å². The van der Waals surface area contributed by atoms with Crippen LogP contribution in [0.15, 0.2) is 24.3 Å². The van der Waals surface area contributed by atoms with E-state index in [9.17, 15) is 4.79 Å². The summed E-state index contributed by atoms with van der Waals surface area (Å²) < 4.78 is 0. The first-order valence-electron chi connectivity index (χ1n) is 6.04. The zero-order chi connectivity index (χ0) is 12.4. The maximum atomic E-state index is 12.1. The van der Waals surface area contributed by atoms with Crippen LogP contribution in [0.5, 0.6) is 0 Å². The molecule has 0 spiro atoms. The fourth-order valence-corrected chi connectivity index (χ4v) is 3.35. The lowest BCUT2D eigenvalue weighted by atomic mass is 9.65. The summed E-state index contributed by atoms with van der Waals surface area (Å²) >= 11 is 0. The highest BCUT2D eigenvalue weighted by molar-refractivity contribution is 5.90. The third kappa shape index (κ3) is 0.961. The average molecular weight is 230 g/mol. The molecule has 1 fully saturated rings. The number of amides is 1. The Morgan fingerprint density at radius 2 is 1.88 bits per heavy atom. The lowest BCUT2D eigenvalue weighted by Gasteiger charge is -2.35. The summed E-state index contributed by atoms with van der Waals surface area (Å²) in [5, 5.41) is 3.13. The second-order valence-corrected chi connectivity index (χ2v) is 5.83. The normalized spacial score (nSPS) is 33.3. The van der Waals surface area contributed by atoms with Crippen molar-refractivity contribution in [1.29, 1.82) is 0 Å². The van der Waals surface area contributed by atoms with Crippen molar-refractivity contribution >= 4 is 11.6 Å². The Bertz CT molecular complexity index is 509. The molecule has 3 nitrogen and oxygen atoms in total.